The van der Waals surface area contributed by atoms with E-state index in [4.69, 9.17) is 0 Å². The molecule has 3 heteroatoms. The molecule has 0 bridgehead atoms. The molecule has 0 spiro atoms. The van der Waals surface area contributed by atoms with E-state index in [9.17, 15) is 5.11 Å². The molecular formula is C22H30N2O. The van der Waals surface area contributed by atoms with Crippen LogP contribution >= 0.6 is 0 Å². The van der Waals surface area contributed by atoms with Crippen molar-refractivity contribution in [2.75, 3.05) is 13.1 Å². The normalized spacial score (nSPS) is 22.9. The van der Waals surface area contributed by atoms with Crippen molar-refractivity contribution in [2.45, 2.75) is 51.5 Å². The van der Waals surface area contributed by atoms with Gasteiger partial charge in [-0.25, -0.2) is 0 Å². The molecule has 0 saturated carbocycles. The number of piperazine rings is 1. The summed E-state index contributed by atoms with van der Waals surface area (Å²) in [6, 6.07) is 21.7. The Hall–Kier alpha value is -1.68. The van der Waals surface area contributed by atoms with Gasteiger partial charge in [-0.1, -0.05) is 60.7 Å². The maximum absolute atomic E-state index is 10.8. The fraction of sp³-hybridized carbons (Fsp3) is 0.455. The first-order valence-corrected chi connectivity index (χ1v) is 9.22. The summed E-state index contributed by atoms with van der Waals surface area (Å²) in [7, 11) is 0. The highest BCUT2D eigenvalue weighted by molar-refractivity contribution is 5.17. The summed E-state index contributed by atoms with van der Waals surface area (Å²) in [4.78, 5) is 4.95. The molecule has 0 radical (unpaired) electrons. The van der Waals surface area contributed by atoms with Crippen LogP contribution in [0.2, 0.25) is 0 Å². The Kier molecular flexibility index (Phi) is 5.57. The van der Waals surface area contributed by atoms with Crippen LogP contribution in [0, 0.1) is 0 Å². The Morgan fingerprint density at radius 3 is 1.92 bits per heavy atom. The highest BCUT2D eigenvalue weighted by atomic mass is 16.3. The molecule has 2 unspecified atom stereocenters. The minimum atomic E-state index is -0.738. The number of aliphatic hydroxyl groups is 1. The Labute approximate surface area is 151 Å². The quantitative estimate of drug-likeness (QED) is 0.903. The van der Waals surface area contributed by atoms with Gasteiger partial charge in [0.15, 0.2) is 0 Å². The molecule has 1 fully saturated rings. The van der Waals surface area contributed by atoms with Gasteiger partial charge in [0.05, 0.1) is 11.6 Å². The summed E-state index contributed by atoms with van der Waals surface area (Å²) in [5, 5.41) is 10.8. The molecule has 1 N–H and O–H groups in total. The maximum atomic E-state index is 10.8. The Balaban J connectivity index is 1.76. The van der Waals surface area contributed by atoms with Crippen LogP contribution in [0.4, 0.5) is 0 Å². The summed E-state index contributed by atoms with van der Waals surface area (Å²) < 4.78 is 0. The second-order valence-electron chi connectivity index (χ2n) is 7.86. The molecule has 3 rings (SSSR count). The predicted octanol–water partition coefficient (Wildman–Crippen LogP) is 3.53. The highest BCUT2D eigenvalue weighted by Gasteiger charge is 2.39. The molecule has 2 aromatic rings. The smallest absolute Gasteiger partial charge is 0.0758 e. The Bertz CT molecular complexity index is 651. The van der Waals surface area contributed by atoms with Crippen LogP contribution in [0.25, 0.3) is 0 Å². The zero-order valence-corrected chi connectivity index (χ0v) is 15.6. The van der Waals surface area contributed by atoms with Crippen molar-refractivity contribution >= 4 is 0 Å². The van der Waals surface area contributed by atoms with E-state index in [2.05, 4.69) is 77.4 Å². The maximum Gasteiger partial charge on any atom is 0.0758 e. The minimum absolute atomic E-state index is 0.111. The lowest BCUT2D eigenvalue weighted by molar-refractivity contribution is -0.0827. The SMILES string of the molecule is CC1CN(Cc2ccccc2)CC(C(C)(C)O)N1Cc1ccccc1. The largest absolute Gasteiger partial charge is 0.389 e. The summed E-state index contributed by atoms with van der Waals surface area (Å²) in [5.74, 6) is 0. The van der Waals surface area contributed by atoms with Gasteiger partial charge in [0, 0.05) is 32.2 Å². The Morgan fingerprint density at radius 2 is 1.40 bits per heavy atom. The van der Waals surface area contributed by atoms with Gasteiger partial charge in [0.25, 0.3) is 0 Å². The predicted molar refractivity (Wildman–Crippen MR) is 103 cm³/mol. The van der Waals surface area contributed by atoms with E-state index >= 15 is 0 Å². The molecule has 2 atom stereocenters. The number of rotatable bonds is 5. The van der Waals surface area contributed by atoms with Gasteiger partial charge in [-0.05, 0) is 31.9 Å². The lowest BCUT2D eigenvalue weighted by atomic mass is 9.91. The molecular weight excluding hydrogens is 308 g/mol. The van der Waals surface area contributed by atoms with E-state index in [1.807, 2.05) is 13.8 Å². The molecule has 1 saturated heterocycles. The first-order valence-electron chi connectivity index (χ1n) is 9.22. The van der Waals surface area contributed by atoms with Crippen LogP contribution < -0.4 is 0 Å². The molecule has 134 valence electrons. The fourth-order valence-electron chi connectivity index (χ4n) is 3.87. The first kappa shape index (κ1) is 18.1. The lowest BCUT2D eigenvalue weighted by Crippen LogP contribution is -2.63. The third-order valence-corrected chi connectivity index (χ3v) is 5.19. The molecule has 3 nitrogen and oxygen atoms in total. The molecule has 2 aromatic carbocycles. The zero-order valence-electron chi connectivity index (χ0n) is 15.6. The van der Waals surface area contributed by atoms with E-state index in [1.54, 1.807) is 0 Å². The number of benzene rings is 2. The molecule has 0 aliphatic carbocycles. The van der Waals surface area contributed by atoms with Crippen LogP contribution in [0.3, 0.4) is 0 Å². The topological polar surface area (TPSA) is 26.7 Å². The van der Waals surface area contributed by atoms with Crippen molar-refractivity contribution in [2.24, 2.45) is 0 Å². The average molecular weight is 338 g/mol. The molecule has 1 aliphatic rings. The molecule has 0 aromatic heterocycles. The van der Waals surface area contributed by atoms with E-state index in [1.165, 1.54) is 11.1 Å². The molecule has 1 heterocycles. The number of nitrogens with zero attached hydrogens (tertiary/aromatic N) is 2. The number of hydrogen-bond acceptors (Lipinski definition) is 3. The van der Waals surface area contributed by atoms with Gasteiger partial charge in [-0.3, -0.25) is 9.80 Å². The van der Waals surface area contributed by atoms with Crippen LogP contribution in [-0.4, -0.2) is 45.7 Å². The van der Waals surface area contributed by atoms with Gasteiger partial charge in [-0.15, -0.1) is 0 Å². The first-order chi connectivity index (χ1) is 11.9. The van der Waals surface area contributed by atoms with E-state index < -0.39 is 5.60 Å². The van der Waals surface area contributed by atoms with E-state index in [-0.39, 0.29) is 6.04 Å². The van der Waals surface area contributed by atoms with Gasteiger partial charge >= 0.3 is 0 Å². The fourth-order valence-corrected chi connectivity index (χ4v) is 3.87. The van der Waals surface area contributed by atoms with Gasteiger partial charge in [-0.2, -0.15) is 0 Å². The minimum Gasteiger partial charge on any atom is -0.389 e. The van der Waals surface area contributed by atoms with Crippen molar-refractivity contribution in [1.29, 1.82) is 0 Å². The van der Waals surface area contributed by atoms with E-state index in [0.29, 0.717) is 6.04 Å². The van der Waals surface area contributed by atoms with Crippen LogP contribution in [0.1, 0.15) is 31.9 Å². The van der Waals surface area contributed by atoms with Crippen LogP contribution in [0.5, 0.6) is 0 Å². The van der Waals surface area contributed by atoms with Crippen molar-refractivity contribution < 1.29 is 5.11 Å². The summed E-state index contributed by atoms with van der Waals surface area (Å²) in [6.45, 7) is 9.89. The summed E-state index contributed by atoms with van der Waals surface area (Å²) in [5.41, 5.74) is 1.90. The third kappa shape index (κ3) is 4.69. The Morgan fingerprint density at radius 1 is 0.880 bits per heavy atom. The lowest BCUT2D eigenvalue weighted by Gasteiger charge is -2.50. The van der Waals surface area contributed by atoms with Crippen LogP contribution in [-0.2, 0) is 13.1 Å². The summed E-state index contributed by atoms with van der Waals surface area (Å²) in [6.07, 6.45) is 0. The van der Waals surface area contributed by atoms with Crippen molar-refractivity contribution in [3.05, 3.63) is 71.8 Å². The summed E-state index contributed by atoms with van der Waals surface area (Å²) >= 11 is 0. The standard InChI is InChI=1S/C22H30N2O/c1-18-14-23(15-19-10-6-4-7-11-19)17-21(22(2,3)25)24(18)16-20-12-8-5-9-13-20/h4-13,18,21,25H,14-17H2,1-3H3. The van der Waals surface area contributed by atoms with Gasteiger partial charge < -0.3 is 5.11 Å². The highest BCUT2D eigenvalue weighted by Crippen LogP contribution is 2.27. The van der Waals surface area contributed by atoms with Crippen molar-refractivity contribution in [3.63, 3.8) is 0 Å². The van der Waals surface area contributed by atoms with Gasteiger partial charge in [0.2, 0.25) is 0 Å². The van der Waals surface area contributed by atoms with E-state index in [0.717, 1.165) is 26.2 Å². The molecule has 0 amide bonds. The van der Waals surface area contributed by atoms with Gasteiger partial charge in [0.1, 0.15) is 0 Å². The molecule has 25 heavy (non-hydrogen) atoms. The van der Waals surface area contributed by atoms with Crippen molar-refractivity contribution in [3.8, 4) is 0 Å². The monoisotopic (exact) mass is 338 g/mol. The second kappa shape index (κ2) is 7.69. The zero-order chi connectivity index (χ0) is 17.9. The third-order valence-electron chi connectivity index (χ3n) is 5.19. The molecule has 1 aliphatic heterocycles. The van der Waals surface area contributed by atoms with Crippen LogP contribution in [0.15, 0.2) is 60.7 Å². The van der Waals surface area contributed by atoms with Crippen molar-refractivity contribution in [1.82, 2.24) is 9.80 Å². The average Bonchev–Trinajstić information content (AvgIpc) is 2.58. The number of hydrogen-bond donors (Lipinski definition) is 1. The second-order valence-corrected chi connectivity index (χ2v) is 7.86.